The number of aliphatic hydroxyl groups excluding tert-OH is 1. The van der Waals surface area contributed by atoms with E-state index in [0.29, 0.717) is 0 Å². The fourth-order valence-corrected chi connectivity index (χ4v) is 4.05. The number of nitrogens with zero attached hydrogens (tertiary/aromatic N) is 2. The van der Waals surface area contributed by atoms with Gasteiger partial charge in [0.15, 0.2) is 0 Å². The highest BCUT2D eigenvalue weighted by molar-refractivity contribution is 7.10. The van der Waals surface area contributed by atoms with Crippen molar-refractivity contribution in [3.05, 3.63) is 39.8 Å². The molecule has 6 heteroatoms. The Morgan fingerprint density at radius 1 is 1.57 bits per heavy atom. The summed E-state index contributed by atoms with van der Waals surface area (Å²) in [6.07, 6.45) is 7.04. The Bertz CT molecular complexity index is 673. The van der Waals surface area contributed by atoms with Gasteiger partial charge in [-0.25, -0.2) is 0 Å². The van der Waals surface area contributed by atoms with Crippen molar-refractivity contribution in [2.75, 3.05) is 0 Å². The summed E-state index contributed by atoms with van der Waals surface area (Å²) in [7, 11) is 1.87. The summed E-state index contributed by atoms with van der Waals surface area (Å²) in [4.78, 5) is 13.8. The van der Waals surface area contributed by atoms with E-state index in [-0.39, 0.29) is 24.0 Å². The van der Waals surface area contributed by atoms with Crippen LogP contribution >= 0.6 is 11.3 Å². The molecule has 2 aromatic rings. The number of hydrogen-bond donors (Lipinski definition) is 2. The molecule has 5 nitrogen and oxygen atoms in total. The molecule has 1 unspecified atom stereocenters. The molecule has 1 amide bonds. The minimum Gasteiger partial charge on any atom is -0.393 e. The first kappa shape index (κ1) is 16.2. The van der Waals surface area contributed by atoms with Crippen LogP contribution in [0.4, 0.5) is 0 Å². The zero-order valence-corrected chi connectivity index (χ0v) is 14.3. The number of aliphatic hydroxyl groups is 1. The molecule has 1 atom stereocenters. The second-order valence-corrected chi connectivity index (χ2v) is 7.33. The summed E-state index contributed by atoms with van der Waals surface area (Å²) >= 11 is 1.64. The molecule has 0 spiro atoms. The van der Waals surface area contributed by atoms with Crippen LogP contribution in [0.2, 0.25) is 0 Å². The van der Waals surface area contributed by atoms with E-state index >= 15 is 0 Å². The predicted octanol–water partition coefficient (Wildman–Crippen LogP) is 2.68. The lowest BCUT2D eigenvalue weighted by Crippen LogP contribution is -2.41. The van der Waals surface area contributed by atoms with E-state index in [2.05, 4.69) is 17.3 Å². The van der Waals surface area contributed by atoms with Gasteiger partial charge in [0.25, 0.3) is 5.91 Å². The lowest BCUT2D eigenvalue weighted by Gasteiger charge is -2.37. The van der Waals surface area contributed by atoms with Gasteiger partial charge in [-0.2, -0.15) is 5.10 Å². The Hall–Kier alpha value is -1.66. The number of amides is 1. The second-order valence-electron chi connectivity index (χ2n) is 6.34. The zero-order valence-electron chi connectivity index (χ0n) is 13.5. The number of hydrogen-bond acceptors (Lipinski definition) is 4. The molecule has 1 aliphatic rings. The topological polar surface area (TPSA) is 67.2 Å². The Morgan fingerprint density at radius 2 is 2.35 bits per heavy atom. The largest absolute Gasteiger partial charge is 0.393 e. The molecule has 2 aromatic heterocycles. The third-order valence-corrected chi connectivity index (χ3v) is 5.40. The van der Waals surface area contributed by atoms with Gasteiger partial charge in [0, 0.05) is 29.1 Å². The van der Waals surface area contributed by atoms with Crippen LogP contribution in [-0.4, -0.2) is 26.9 Å². The number of carbonyl (C=O) groups is 1. The maximum atomic E-state index is 12.6. The highest BCUT2D eigenvalue weighted by Crippen LogP contribution is 2.38. The summed E-state index contributed by atoms with van der Waals surface area (Å²) in [5, 5.41) is 18.9. The molecule has 0 aliphatic heterocycles. The van der Waals surface area contributed by atoms with Crippen LogP contribution in [0.15, 0.2) is 23.8 Å². The van der Waals surface area contributed by atoms with Crippen molar-refractivity contribution in [3.8, 4) is 0 Å². The van der Waals surface area contributed by atoms with Gasteiger partial charge in [-0.3, -0.25) is 9.48 Å². The first-order valence-corrected chi connectivity index (χ1v) is 8.99. The lowest BCUT2D eigenvalue weighted by molar-refractivity contribution is 0.0235. The smallest absolute Gasteiger partial charge is 0.252 e. The molecule has 2 N–H and O–H groups in total. The van der Waals surface area contributed by atoms with E-state index in [4.69, 9.17) is 0 Å². The predicted molar refractivity (Wildman–Crippen MR) is 90.5 cm³/mol. The van der Waals surface area contributed by atoms with Crippen molar-refractivity contribution in [3.63, 3.8) is 0 Å². The van der Waals surface area contributed by atoms with Gasteiger partial charge in [0.05, 0.1) is 23.9 Å². The number of aryl methyl sites for hydroxylation is 2. The van der Waals surface area contributed by atoms with Crippen molar-refractivity contribution in [2.45, 2.75) is 44.8 Å². The van der Waals surface area contributed by atoms with E-state index in [1.54, 1.807) is 22.2 Å². The first-order chi connectivity index (χ1) is 11.1. The molecule has 23 heavy (non-hydrogen) atoms. The van der Waals surface area contributed by atoms with Gasteiger partial charge >= 0.3 is 0 Å². The highest BCUT2D eigenvalue weighted by Gasteiger charge is 2.36. The average Bonchev–Trinajstić information content (AvgIpc) is 3.11. The van der Waals surface area contributed by atoms with Crippen LogP contribution < -0.4 is 5.32 Å². The summed E-state index contributed by atoms with van der Waals surface area (Å²) in [5.74, 6) is 0.228. The average molecular weight is 333 g/mol. The number of aromatic nitrogens is 2. The van der Waals surface area contributed by atoms with Crippen LogP contribution in [0, 0.1) is 5.92 Å². The Balaban J connectivity index is 1.73. The lowest BCUT2D eigenvalue weighted by atomic mass is 9.75. The first-order valence-electron chi connectivity index (χ1n) is 8.11. The monoisotopic (exact) mass is 333 g/mol. The SMILES string of the molecule is CCCc1cc(C(=O)NC(c2cnn(C)c2)C2CC(O)C2)cs1. The molecular weight excluding hydrogens is 310 g/mol. The van der Waals surface area contributed by atoms with Crippen molar-refractivity contribution in [1.82, 2.24) is 15.1 Å². The van der Waals surface area contributed by atoms with Crippen molar-refractivity contribution < 1.29 is 9.90 Å². The fraction of sp³-hybridized carbons (Fsp3) is 0.529. The van der Waals surface area contributed by atoms with E-state index in [1.165, 1.54) is 4.88 Å². The third-order valence-electron chi connectivity index (χ3n) is 4.40. The molecule has 3 rings (SSSR count). The standard InChI is InChI=1S/C17H23N3O2S/c1-3-4-15-7-12(10-23-15)17(22)19-16(11-5-14(21)6-11)13-8-18-20(2)9-13/h7-11,14,16,21H,3-6H2,1-2H3,(H,19,22). The summed E-state index contributed by atoms with van der Waals surface area (Å²) in [6.45, 7) is 2.14. The molecule has 0 saturated heterocycles. The van der Waals surface area contributed by atoms with Crippen LogP contribution in [0.3, 0.4) is 0 Å². The molecule has 1 aliphatic carbocycles. The van der Waals surface area contributed by atoms with Crippen LogP contribution in [-0.2, 0) is 13.5 Å². The maximum Gasteiger partial charge on any atom is 0.252 e. The zero-order chi connectivity index (χ0) is 16.4. The molecule has 0 bridgehead atoms. The van der Waals surface area contributed by atoms with Crippen LogP contribution in [0.25, 0.3) is 0 Å². The van der Waals surface area contributed by atoms with E-state index in [0.717, 1.165) is 36.8 Å². The maximum absolute atomic E-state index is 12.6. The minimum absolute atomic E-state index is 0.0427. The Kier molecular flexibility index (Phi) is 4.82. The third kappa shape index (κ3) is 3.64. The molecular formula is C17H23N3O2S. The van der Waals surface area contributed by atoms with Gasteiger partial charge in [0.2, 0.25) is 0 Å². The Labute approximate surface area is 140 Å². The van der Waals surface area contributed by atoms with Crippen molar-refractivity contribution >= 4 is 17.2 Å². The van der Waals surface area contributed by atoms with Crippen molar-refractivity contribution in [2.24, 2.45) is 13.0 Å². The molecule has 124 valence electrons. The van der Waals surface area contributed by atoms with Crippen LogP contribution in [0.5, 0.6) is 0 Å². The summed E-state index contributed by atoms with van der Waals surface area (Å²) < 4.78 is 1.74. The number of carbonyl (C=O) groups excluding carboxylic acids is 1. The van der Waals surface area contributed by atoms with E-state index in [1.807, 2.05) is 24.7 Å². The number of thiophene rings is 1. The normalized spacial score (nSPS) is 21.7. The molecule has 0 aromatic carbocycles. The van der Waals surface area contributed by atoms with Crippen molar-refractivity contribution in [1.29, 1.82) is 0 Å². The van der Waals surface area contributed by atoms with Gasteiger partial charge in [-0.05, 0) is 31.2 Å². The quantitative estimate of drug-likeness (QED) is 0.854. The van der Waals surface area contributed by atoms with Gasteiger partial charge in [0.1, 0.15) is 0 Å². The molecule has 1 saturated carbocycles. The minimum atomic E-state index is -0.242. The number of rotatable bonds is 6. The van der Waals surface area contributed by atoms with Gasteiger partial charge in [-0.1, -0.05) is 13.3 Å². The second kappa shape index (κ2) is 6.84. The summed E-state index contributed by atoms with van der Waals surface area (Å²) in [6, 6.07) is 1.90. The van der Waals surface area contributed by atoms with E-state index in [9.17, 15) is 9.90 Å². The van der Waals surface area contributed by atoms with E-state index < -0.39 is 0 Å². The molecule has 1 fully saturated rings. The Morgan fingerprint density at radius 3 is 2.96 bits per heavy atom. The molecule has 0 radical (unpaired) electrons. The molecule has 2 heterocycles. The highest BCUT2D eigenvalue weighted by atomic mass is 32.1. The summed E-state index contributed by atoms with van der Waals surface area (Å²) in [5.41, 5.74) is 1.73. The fourth-order valence-electron chi connectivity index (χ4n) is 3.08. The van der Waals surface area contributed by atoms with Gasteiger partial charge < -0.3 is 10.4 Å². The van der Waals surface area contributed by atoms with Crippen LogP contribution in [0.1, 0.15) is 53.0 Å². The number of nitrogens with one attached hydrogen (secondary N) is 1. The van der Waals surface area contributed by atoms with Gasteiger partial charge in [-0.15, -0.1) is 11.3 Å².